The third kappa shape index (κ3) is 8.94. The fourth-order valence-corrected chi connectivity index (χ4v) is 4.05. The zero-order valence-corrected chi connectivity index (χ0v) is 21.0. The molecule has 168 valence electrons. The first-order valence-corrected chi connectivity index (χ1v) is 12.5. The monoisotopic (exact) mass is 409 g/mol. The maximum absolute atomic E-state index is 3.13. The Bertz CT molecular complexity index is 699. The van der Waals surface area contributed by atoms with Crippen molar-refractivity contribution in [2.45, 2.75) is 99.8 Å². The van der Waals surface area contributed by atoms with E-state index in [1.165, 1.54) is 55.5 Å². The molecule has 1 aliphatic heterocycles. The highest BCUT2D eigenvalue weighted by Crippen LogP contribution is 2.38. The molecule has 2 aromatic carbocycles. The van der Waals surface area contributed by atoms with Gasteiger partial charge >= 0.3 is 0 Å². The van der Waals surface area contributed by atoms with Crippen LogP contribution in [0.1, 0.15) is 103 Å². The summed E-state index contributed by atoms with van der Waals surface area (Å²) in [6, 6.07) is 15.1. The van der Waals surface area contributed by atoms with E-state index in [2.05, 4.69) is 75.5 Å². The fraction of sp³-hybridized carbons (Fsp3) is 0.586. The summed E-state index contributed by atoms with van der Waals surface area (Å²) in [5.74, 6) is 2.84. The van der Waals surface area contributed by atoms with E-state index in [9.17, 15) is 0 Å². The zero-order valence-electron chi connectivity index (χ0n) is 21.0. The second-order valence-electron chi connectivity index (χ2n) is 8.68. The van der Waals surface area contributed by atoms with E-state index in [1.807, 2.05) is 27.7 Å². The van der Waals surface area contributed by atoms with Gasteiger partial charge in [0.05, 0.1) is 11.4 Å². The number of hydrogen-bond donors (Lipinski definition) is 1. The van der Waals surface area contributed by atoms with Crippen LogP contribution in [0.15, 0.2) is 42.5 Å². The van der Waals surface area contributed by atoms with Gasteiger partial charge in [-0.25, -0.2) is 0 Å². The zero-order chi connectivity index (χ0) is 22.5. The standard InChI is InChI=1S/C10H12.C8H16.C7H7N.2C2H6/c1-8-6-7-9-4-2-3-5-10(8)9;1-7-3-5-8(2)6-4-7;1-5-2-3-6-7(4-5)8-6;2*1-2/h2-5,8H,6-7H2,1H3;7-8H,3-6H2,1-2H3;2-4,8H,1H3;2*1-2H3. The minimum Gasteiger partial charge on any atom is -0.352 e. The first-order chi connectivity index (χ1) is 14.5. The fourth-order valence-electron chi connectivity index (χ4n) is 4.05. The highest BCUT2D eigenvalue weighted by Gasteiger charge is 2.16. The summed E-state index contributed by atoms with van der Waals surface area (Å²) in [7, 11) is 0. The van der Waals surface area contributed by atoms with Crippen LogP contribution in [0, 0.1) is 18.8 Å². The van der Waals surface area contributed by atoms with E-state index in [0.29, 0.717) is 0 Å². The van der Waals surface area contributed by atoms with Gasteiger partial charge in [0.1, 0.15) is 0 Å². The minimum absolute atomic E-state index is 0.802. The maximum Gasteiger partial charge on any atom is 0.0626 e. The van der Waals surface area contributed by atoms with E-state index < -0.39 is 0 Å². The molecule has 0 bridgehead atoms. The molecule has 1 nitrogen and oxygen atoms in total. The normalized spacial score (nSPS) is 21.8. The van der Waals surface area contributed by atoms with Gasteiger partial charge in [-0.05, 0) is 66.3 Å². The number of aryl methyl sites for hydroxylation is 2. The Morgan fingerprint density at radius 1 is 0.700 bits per heavy atom. The summed E-state index contributed by atoms with van der Waals surface area (Å²) in [6.45, 7) is 17.1. The van der Waals surface area contributed by atoms with Crippen LogP contribution in [-0.2, 0) is 6.42 Å². The van der Waals surface area contributed by atoms with E-state index in [4.69, 9.17) is 0 Å². The molecule has 2 aliphatic carbocycles. The van der Waals surface area contributed by atoms with Crippen molar-refractivity contribution >= 4 is 11.4 Å². The maximum atomic E-state index is 3.13. The molecule has 0 amide bonds. The second-order valence-corrected chi connectivity index (χ2v) is 8.68. The van der Waals surface area contributed by atoms with E-state index in [0.717, 1.165) is 17.8 Å². The number of fused-ring (bicyclic) bond motifs is 2. The van der Waals surface area contributed by atoms with Crippen LogP contribution < -0.4 is 5.32 Å². The Morgan fingerprint density at radius 3 is 1.77 bits per heavy atom. The van der Waals surface area contributed by atoms with E-state index >= 15 is 0 Å². The molecule has 0 saturated heterocycles. The molecule has 1 N–H and O–H groups in total. The molecular formula is C29H47N. The number of hydrogen-bond acceptors (Lipinski definition) is 1. The molecule has 3 aliphatic rings. The predicted molar refractivity (Wildman–Crippen MR) is 137 cm³/mol. The quantitative estimate of drug-likeness (QED) is 0.367. The Balaban J connectivity index is 0.000000209. The van der Waals surface area contributed by atoms with Gasteiger partial charge in [0.2, 0.25) is 0 Å². The Hall–Kier alpha value is -1.76. The summed E-state index contributed by atoms with van der Waals surface area (Å²) in [5.41, 5.74) is 7.05. The second kappa shape index (κ2) is 14.3. The largest absolute Gasteiger partial charge is 0.352 e. The molecular weight excluding hydrogens is 362 g/mol. The molecule has 2 aromatic rings. The summed E-state index contributed by atoms with van der Waals surface area (Å²) < 4.78 is 0. The molecule has 30 heavy (non-hydrogen) atoms. The van der Waals surface area contributed by atoms with Gasteiger partial charge < -0.3 is 5.32 Å². The first kappa shape index (κ1) is 26.3. The van der Waals surface area contributed by atoms with Crippen LogP contribution in [-0.4, -0.2) is 0 Å². The van der Waals surface area contributed by atoms with Gasteiger partial charge in [0.15, 0.2) is 0 Å². The average Bonchev–Trinajstić information content (AvgIpc) is 3.47. The molecule has 0 aromatic heterocycles. The molecule has 1 fully saturated rings. The van der Waals surface area contributed by atoms with Crippen molar-refractivity contribution in [3.63, 3.8) is 0 Å². The van der Waals surface area contributed by atoms with Crippen molar-refractivity contribution in [1.82, 2.24) is 0 Å². The van der Waals surface area contributed by atoms with E-state index in [-0.39, 0.29) is 0 Å². The van der Waals surface area contributed by atoms with Gasteiger partial charge in [-0.2, -0.15) is 0 Å². The van der Waals surface area contributed by atoms with Gasteiger partial charge in [-0.1, -0.05) is 104 Å². The van der Waals surface area contributed by atoms with Crippen LogP contribution in [0.4, 0.5) is 11.4 Å². The topological polar surface area (TPSA) is 21.9 Å². The Labute approximate surface area is 187 Å². The SMILES string of the molecule is CC.CC.CC1CCC(C)CC1.CC1CCc2ccccc21.Cc1ccc2c(c1)N2. The Kier molecular flexibility index (Phi) is 12.5. The van der Waals surface area contributed by atoms with Crippen molar-refractivity contribution in [2.75, 3.05) is 5.32 Å². The summed E-state index contributed by atoms with van der Waals surface area (Å²) in [4.78, 5) is 0. The molecule has 0 spiro atoms. The van der Waals surface area contributed by atoms with Gasteiger partial charge in [-0.3, -0.25) is 0 Å². The molecule has 1 unspecified atom stereocenters. The van der Waals surface area contributed by atoms with Crippen molar-refractivity contribution in [2.24, 2.45) is 11.8 Å². The smallest absolute Gasteiger partial charge is 0.0626 e. The third-order valence-corrected chi connectivity index (χ3v) is 6.12. The molecule has 5 rings (SSSR count). The molecule has 1 heteroatoms. The molecule has 1 atom stereocenters. The van der Waals surface area contributed by atoms with Crippen molar-refractivity contribution < 1.29 is 0 Å². The number of nitrogens with one attached hydrogen (secondary N) is 1. The van der Waals surface area contributed by atoms with Crippen LogP contribution in [0.2, 0.25) is 0 Å². The van der Waals surface area contributed by atoms with Crippen LogP contribution >= 0.6 is 0 Å². The highest BCUT2D eigenvalue weighted by atomic mass is 15.0. The first-order valence-electron chi connectivity index (χ1n) is 12.5. The minimum atomic E-state index is 0.802. The van der Waals surface area contributed by atoms with Gasteiger partial charge in [0.25, 0.3) is 0 Å². The lowest BCUT2D eigenvalue weighted by Crippen LogP contribution is -2.08. The number of rotatable bonds is 0. The van der Waals surface area contributed by atoms with Crippen molar-refractivity contribution in [3.8, 4) is 0 Å². The Morgan fingerprint density at radius 2 is 1.27 bits per heavy atom. The average molecular weight is 410 g/mol. The van der Waals surface area contributed by atoms with E-state index in [1.54, 1.807) is 11.1 Å². The lowest BCUT2D eigenvalue weighted by atomic mass is 9.84. The van der Waals surface area contributed by atoms with Crippen molar-refractivity contribution in [1.29, 1.82) is 0 Å². The predicted octanol–water partition coefficient (Wildman–Crippen LogP) is 9.67. The van der Waals surface area contributed by atoms with Crippen molar-refractivity contribution in [3.05, 3.63) is 59.2 Å². The number of benzene rings is 2. The lowest BCUT2D eigenvalue weighted by molar-refractivity contribution is 0.308. The van der Waals surface area contributed by atoms with Gasteiger partial charge in [-0.15, -0.1) is 0 Å². The summed E-state index contributed by atoms with van der Waals surface area (Å²) >= 11 is 0. The molecule has 1 heterocycles. The number of anilines is 2. The van der Waals surface area contributed by atoms with Crippen LogP contribution in [0.3, 0.4) is 0 Å². The molecule has 1 saturated carbocycles. The molecule has 0 radical (unpaired) electrons. The summed E-state index contributed by atoms with van der Waals surface area (Å²) in [6.07, 6.45) is 8.53. The van der Waals surface area contributed by atoms with Gasteiger partial charge in [0, 0.05) is 0 Å². The highest BCUT2D eigenvalue weighted by molar-refractivity contribution is 5.90. The van der Waals surface area contributed by atoms with Crippen LogP contribution in [0.5, 0.6) is 0 Å². The van der Waals surface area contributed by atoms with Crippen LogP contribution in [0.25, 0.3) is 0 Å². The summed E-state index contributed by atoms with van der Waals surface area (Å²) in [5, 5.41) is 3.13. The third-order valence-electron chi connectivity index (χ3n) is 6.12. The lowest BCUT2D eigenvalue weighted by Gasteiger charge is -2.22.